The second-order valence-corrected chi connectivity index (χ2v) is 10.5. The Labute approximate surface area is 198 Å². The van der Waals surface area contributed by atoms with Crippen LogP contribution in [0.2, 0.25) is 0 Å². The van der Waals surface area contributed by atoms with Crippen molar-refractivity contribution < 1.29 is 28.8 Å². The average molecular weight is 481 g/mol. The van der Waals surface area contributed by atoms with Gasteiger partial charge in [-0.15, -0.1) is 11.8 Å². The molecular formula is C23H19N3O7S. The minimum Gasteiger partial charge on any atom is -0.459 e. The minimum absolute atomic E-state index is 0.0726. The second kappa shape index (κ2) is 7.66. The summed E-state index contributed by atoms with van der Waals surface area (Å²) in [6, 6.07) is 10.2. The van der Waals surface area contributed by atoms with E-state index in [1.807, 2.05) is 0 Å². The molecule has 174 valence electrons. The Morgan fingerprint density at radius 1 is 1.06 bits per heavy atom. The molecule has 2 fully saturated rings. The van der Waals surface area contributed by atoms with Gasteiger partial charge in [0.15, 0.2) is 0 Å². The van der Waals surface area contributed by atoms with Crippen LogP contribution >= 0.6 is 11.8 Å². The summed E-state index contributed by atoms with van der Waals surface area (Å²) >= 11 is 1.35. The SMILES string of the molecule is CC1(C)S[C@@H]2C(N3C(=O)c4ccccc4C3=O)C(=O)N2C1C(=O)OCc1ccc([N+](=O)[O-])cc1. The summed E-state index contributed by atoms with van der Waals surface area (Å²) in [7, 11) is 0. The largest absolute Gasteiger partial charge is 0.459 e. The zero-order chi connectivity index (χ0) is 24.4. The third-order valence-electron chi connectivity index (χ3n) is 6.27. The summed E-state index contributed by atoms with van der Waals surface area (Å²) in [6.45, 7) is 3.50. The predicted molar refractivity (Wildman–Crippen MR) is 120 cm³/mol. The molecule has 2 unspecified atom stereocenters. The number of thioether (sulfide) groups is 1. The Morgan fingerprint density at radius 3 is 2.21 bits per heavy atom. The Bertz CT molecular complexity index is 1220. The molecule has 0 spiro atoms. The number of β-lactam (4-membered cyclic amide) rings is 1. The van der Waals surface area contributed by atoms with Crippen LogP contribution in [0.3, 0.4) is 0 Å². The first-order valence-corrected chi connectivity index (χ1v) is 11.4. The highest BCUT2D eigenvalue weighted by Crippen LogP contribution is 2.53. The molecule has 2 aromatic rings. The molecule has 0 aromatic heterocycles. The van der Waals surface area contributed by atoms with E-state index in [2.05, 4.69) is 0 Å². The molecule has 34 heavy (non-hydrogen) atoms. The normalized spacial score (nSPS) is 24.5. The van der Waals surface area contributed by atoms with Crippen LogP contribution in [0.15, 0.2) is 48.5 Å². The molecule has 0 radical (unpaired) electrons. The van der Waals surface area contributed by atoms with Gasteiger partial charge in [0.05, 0.1) is 16.1 Å². The smallest absolute Gasteiger partial charge is 0.330 e. The highest BCUT2D eigenvalue weighted by molar-refractivity contribution is 8.01. The van der Waals surface area contributed by atoms with Gasteiger partial charge in [0, 0.05) is 16.9 Å². The van der Waals surface area contributed by atoms with E-state index in [1.165, 1.54) is 40.9 Å². The molecule has 2 saturated heterocycles. The summed E-state index contributed by atoms with van der Waals surface area (Å²) in [6.07, 6.45) is 0. The van der Waals surface area contributed by atoms with Gasteiger partial charge in [0.2, 0.25) is 0 Å². The van der Waals surface area contributed by atoms with Gasteiger partial charge in [-0.25, -0.2) is 4.79 Å². The summed E-state index contributed by atoms with van der Waals surface area (Å²) in [5, 5.41) is 10.2. The number of ether oxygens (including phenoxy) is 1. The van der Waals surface area contributed by atoms with E-state index in [0.29, 0.717) is 5.56 Å². The second-order valence-electron chi connectivity index (χ2n) is 8.76. The first-order chi connectivity index (χ1) is 16.1. The maximum atomic E-state index is 13.1. The molecule has 0 saturated carbocycles. The lowest BCUT2D eigenvalue weighted by Crippen LogP contribution is -2.71. The highest BCUT2D eigenvalue weighted by Gasteiger charge is 2.67. The van der Waals surface area contributed by atoms with Crippen LogP contribution in [0, 0.1) is 10.1 Å². The fourth-order valence-corrected chi connectivity index (χ4v) is 6.29. The van der Waals surface area contributed by atoms with Crippen molar-refractivity contribution in [1.82, 2.24) is 9.80 Å². The number of carbonyl (C=O) groups excluding carboxylic acids is 4. The molecule has 2 aromatic carbocycles. The standard InChI is InChI=1S/C23H19N3O7S/c1-23(2)17(22(30)33-11-12-7-9-13(10-8-12)26(31)32)25-20(29)16(21(25)34-23)24-18(27)14-5-3-4-6-15(14)19(24)28/h3-10,16-17,21H,11H2,1-2H3/t16?,17?,21-/m1/s1. The van der Waals surface area contributed by atoms with Crippen LogP contribution in [-0.4, -0.2) is 60.6 Å². The third kappa shape index (κ3) is 3.18. The maximum absolute atomic E-state index is 13.1. The number of hydrogen-bond donors (Lipinski definition) is 0. The van der Waals surface area contributed by atoms with E-state index >= 15 is 0 Å². The van der Waals surface area contributed by atoms with Crippen molar-refractivity contribution in [3.8, 4) is 0 Å². The minimum atomic E-state index is -0.982. The van der Waals surface area contributed by atoms with Crippen molar-refractivity contribution in [3.63, 3.8) is 0 Å². The number of nitrogens with zero attached hydrogens (tertiary/aromatic N) is 3. The molecule has 0 N–H and O–H groups in total. The summed E-state index contributed by atoms with van der Waals surface area (Å²) in [5.74, 6) is -2.12. The molecule has 0 bridgehead atoms. The van der Waals surface area contributed by atoms with E-state index in [4.69, 9.17) is 4.74 Å². The molecule has 5 rings (SSSR count). The van der Waals surface area contributed by atoms with Crippen molar-refractivity contribution in [2.75, 3.05) is 0 Å². The molecule has 11 heteroatoms. The number of nitro benzene ring substituents is 1. The van der Waals surface area contributed by atoms with Crippen LogP contribution in [-0.2, 0) is 20.9 Å². The molecule has 3 heterocycles. The molecule has 10 nitrogen and oxygen atoms in total. The van der Waals surface area contributed by atoms with Crippen molar-refractivity contribution >= 4 is 41.1 Å². The Balaban J connectivity index is 1.31. The third-order valence-corrected chi connectivity index (χ3v) is 7.83. The number of imide groups is 1. The number of nitro groups is 1. The molecule has 0 aliphatic carbocycles. The van der Waals surface area contributed by atoms with E-state index in [0.717, 1.165) is 4.90 Å². The van der Waals surface area contributed by atoms with Gasteiger partial charge in [-0.3, -0.25) is 29.4 Å². The zero-order valence-electron chi connectivity index (χ0n) is 18.2. The van der Waals surface area contributed by atoms with E-state index in [1.54, 1.807) is 38.1 Å². The molecule has 3 aliphatic rings. The topological polar surface area (TPSA) is 127 Å². The zero-order valence-corrected chi connectivity index (χ0v) is 19.0. The van der Waals surface area contributed by atoms with Gasteiger partial charge in [-0.1, -0.05) is 12.1 Å². The van der Waals surface area contributed by atoms with Gasteiger partial charge in [0.1, 0.15) is 24.1 Å². The molecule has 3 amide bonds. The molecular weight excluding hydrogens is 462 g/mol. The monoisotopic (exact) mass is 481 g/mol. The van der Waals surface area contributed by atoms with Gasteiger partial charge in [-0.05, 0) is 43.7 Å². The van der Waals surface area contributed by atoms with E-state index < -0.39 is 50.8 Å². The number of fused-ring (bicyclic) bond motifs is 2. The number of amides is 3. The lowest BCUT2D eigenvalue weighted by molar-refractivity contribution is -0.384. The van der Waals surface area contributed by atoms with Crippen molar-refractivity contribution in [2.24, 2.45) is 0 Å². The van der Waals surface area contributed by atoms with Crippen molar-refractivity contribution in [3.05, 3.63) is 75.3 Å². The molecule has 3 atom stereocenters. The van der Waals surface area contributed by atoms with Crippen molar-refractivity contribution in [2.45, 2.75) is 42.7 Å². The Morgan fingerprint density at radius 2 is 1.65 bits per heavy atom. The van der Waals surface area contributed by atoms with Crippen LogP contribution in [0.4, 0.5) is 5.69 Å². The van der Waals surface area contributed by atoms with E-state index in [9.17, 15) is 29.3 Å². The number of esters is 1. The number of rotatable bonds is 5. The summed E-state index contributed by atoms with van der Waals surface area (Å²) in [5.41, 5.74) is 1.02. The summed E-state index contributed by atoms with van der Waals surface area (Å²) in [4.78, 5) is 64.5. The number of carbonyl (C=O) groups is 4. The van der Waals surface area contributed by atoms with E-state index in [-0.39, 0.29) is 23.4 Å². The van der Waals surface area contributed by atoms with Gasteiger partial charge in [-0.2, -0.15) is 0 Å². The van der Waals surface area contributed by atoms with Crippen LogP contribution in [0.25, 0.3) is 0 Å². The van der Waals surface area contributed by atoms with Gasteiger partial charge in [0.25, 0.3) is 23.4 Å². The Kier molecular flexibility index (Phi) is 4.97. The number of benzene rings is 2. The fourth-order valence-electron chi connectivity index (χ4n) is 4.62. The fraction of sp³-hybridized carbons (Fsp3) is 0.304. The average Bonchev–Trinajstić information content (AvgIpc) is 3.21. The summed E-state index contributed by atoms with van der Waals surface area (Å²) < 4.78 is 4.72. The highest BCUT2D eigenvalue weighted by atomic mass is 32.2. The lowest BCUT2D eigenvalue weighted by Gasteiger charge is -2.46. The molecule has 3 aliphatic heterocycles. The van der Waals surface area contributed by atoms with Gasteiger partial charge >= 0.3 is 5.97 Å². The van der Waals surface area contributed by atoms with Crippen LogP contribution in [0.5, 0.6) is 0 Å². The number of non-ortho nitro benzene ring substituents is 1. The van der Waals surface area contributed by atoms with Crippen LogP contribution < -0.4 is 0 Å². The van der Waals surface area contributed by atoms with Gasteiger partial charge < -0.3 is 9.64 Å². The first kappa shape index (κ1) is 22.1. The predicted octanol–water partition coefficient (Wildman–Crippen LogP) is 2.37. The number of hydrogen-bond acceptors (Lipinski definition) is 8. The maximum Gasteiger partial charge on any atom is 0.330 e. The first-order valence-electron chi connectivity index (χ1n) is 10.5. The van der Waals surface area contributed by atoms with Crippen molar-refractivity contribution in [1.29, 1.82) is 0 Å². The lowest BCUT2D eigenvalue weighted by atomic mass is 9.95. The van der Waals surface area contributed by atoms with Crippen LogP contribution in [0.1, 0.15) is 40.1 Å². The Hall–Kier alpha value is -3.73. The quantitative estimate of drug-likeness (QED) is 0.209.